The van der Waals surface area contributed by atoms with Gasteiger partial charge in [-0.25, -0.2) is 0 Å². The van der Waals surface area contributed by atoms with Crippen molar-refractivity contribution >= 4 is 12.0 Å². The van der Waals surface area contributed by atoms with Crippen molar-refractivity contribution in [1.82, 2.24) is 0 Å². The third kappa shape index (κ3) is 1.58. The van der Waals surface area contributed by atoms with Gasteiger partial charge in [0.05, 0.1) is 0 Å². The molecule has 2 aliphatic rings. The Labute approximate surface area is 78.7 Å². The van der Waals surface area contributed by atoms with Crippen molar-refractivity contribution in [3.05, 3.63) is 11.3 Å². The predicted molar refractivity (Wildman–Crippen MR) is 52.8 cm³/mol. The Hall–Kier alpha value is -0.920. The van der Waals surface area contributed by atoms with E-state index in [4.69, 9.17) is 0 Å². The highest BCUT2D eigenvalue weighted by Crippen LogP contribution is 2.31. The lowest BCUT2D eigenvalue weighted by molar-refractivity contribution is -0.116. The zero-order valence-corrected chi connectivity index (χ0v) is 8.05. The lowest BCUT2D eigenvalue weighted by Gasteiger charge is -2.05. The topological polar surface area (TPSA) is 29.4 Å². The number of carbonyl (C=O) groups excluding carboxylic acids is 1. The first-order chi connectivity index (χ1) is 6.31. The third-order valence-corrected chi connectivity index (χ3v) is 2.94. The minimum Gasteiger partial charge on any atom is -0.294 e. The van der Waals surface area contributed by atoms with E-state index in [2.05, 4.69) is 11.9 Å². The summed E-state index contributed by atoms with van der Waals surface area (Å²) in [6.45, 7) is 2.11. The van der Waals surface area contributed by atoms with Gasteiger partial charge < -0.3 is 0 Å². The number of carbonyl (C=O) groups is 1. The van der Waals surface area contributed by atoms with Gasteiger partial charge in [0.15, 0.2) is 5.78 Å². The van der Waals surface area contributed by atoms with Crippen molar-refractivity contribution in [1.29, 1.82) is 0 Å². The number of rotatable bonds is 1. The van der Waals surface area contributed by atoms with E-state index in [1.807, 2.05) is 6.21 Å². The molecule has 0 fully saturated rings. The van der Waals surface area contributed by atoms with E-state index in [9.17, 15) is 4.79 Å². The molecule has 0 bridgehead atoms. The first-order valence-electron chi connectivity index (χ1n) is 5.10. The Morgan fingerprint density at radius 2 is 2.38 bits per heavy atom. The van der Waals surface area contributed by atoms with Gasteiger partial charge in [-0.2, -0.15) is 0 Å². The molecule has 13 heavy (non-hydrogen) atoms. The Morgan fingerprint density at radius 3 is 3.15 bits per heavy atom. The van der Waals surface area contributed by atoms with Crippen molar-refractivity contribution in [2.45, 2.75) is 39.0 Å². The quantitative estimate of drug-likeness (QED) is 0.605. The summed E-state index contributed by atoms with van der Waals surface area (Å²) < 4.78 is 0. The molecular formula is C11H15NO. The van der Waals surface area contributed by atoms with Crippen molar-refractivity contribution in [2.75, 3.05) is 0 Å². The minimum atomic E-state index is 0.344. The van der Waals surface area contributed by atoms with Gasteiger partial charge in [-0.3, -0.25) is 9.79 Å². The Bertz CT molecular complexity index is 288. The number of Topliss-reactive ketones (excluding diaryl/α,β-unsaturated/α-hetero) is 1. The average Bonchev–Trinajstić information content (AvgIpc) is 2.54. The lowest BCUT2D eigenvalue weighted by Crippen LogP contribution is -2.08. The molecule has 1 atom stereocenters. The molecule has 0 radical (unpaired) electrons. The molecule has 1 aliphatic heterocycles. The maximum Gasteiger partial charge on any atom is 0.161 e. The van der Waals surface area contributed by atoms with Crippen LogP contribution in [-0.4, -0.2) is 12.0 Å². The van der Waals surface area contributed by atoms with Gasteiger partial charge >= 0.3 is 0 Å². The van der Waals surface area contributed by atoms with Crippen LogP contribution in [0.1, 0.15) is 39.0 Å². The van der Waals surface area contributed by atoms with Crippen LogP contribution in [0, 0.1) is 5.92 Å². The molecule has 0 saturated carbocycles. The zero-order valence-electron chi connectivity index (χ0n) is 8.05. The van der Waals surface area contributed by atoms with Gasteiger partial charge in [0.25, 0.3) is 0 Å². The standard InChI is InChI=1S/C11H15NO/c1-2-8-6-11(13)9-4-3-5-10(9)12-7-8/h7-8H,2-6H2,1H3. The maximum absolute atomic E-state index is 11.7. The first kappa shape index (κ1) is 8.67. The maximum atomic E-state index is 11.7. The fourth-order valence-corrected chi connectivity index (χ4v) is 2.03. The van der Waals surface area contributed by atoms with E-state index in [0.717, 1.165) is 37.0 Å². The Balaban J connectivity index is 2.24. The van der Waals surface area contributed by atoms with Crippen LogP contribution in [0.2, 0.25) is 0 Å². The molecule has 0 saturated heterocycles. The smallest absolute Gasteiger partial charge is 0.161 e. The van der Waals surface area contributed by atoms with Crippen LogP contribution in [0.4, 0.5) is 0 Å². The fraction of sp³-hybridized carbons (Fsp3) is 0.636. The average molecular weight is 177 g/mol. The van der Waals surface area contributed by atoms with Crippen LogP contribution in [-0.2, 0) is 4.79 Å². The number of hydrogen-bond acceptors (Lipinski definition) is 2. The van der Waals surface area contributed by atoms with Crippen molar-refractivity contribution < 1.29 is 4.79 Å². The van der Waals surface area contributed by atoms with Crippen LogP contribution < -0.4 is 0 Å². The molecule has 0 aromatic carbocycles. The third-order valence-electron chi connectivity index (χ3n) is 2.94. The summed E-state index contributed by atoms with van der Waals surface area (Å²) in [5.41, 5.74) is 2.09. The molecule has 1 heterocycles. The highest BCUT2D eigenvalue weighted by atomic mass is 16.1. The Kier molecular flexibility index (Phi) is 2.30. The summed E-state index contributed by atoms with van der Waals surface area (Å²) in [7, 11) is 0. The number of ketones is 1. The van der Waals surface area contributed by atoms with E-state index >= 15 is 0 Å². The molecule has 0 amide bonds. The van der Waals surface area contributed by atoms with Crippen molar-refractivity contribution in [2.24, 2.45) is 10.9 Å². The summed E-state index contributed by atoms with van der Waals surface area (Å²) in [4.78, 5) is 16.1. The zero-order chi connectivity index (χ0) is 9.26. The van der Waals surface area contributed by atoms with Crippen LogP contribution in [0.3, 0.4) is 0 Å². The molecule has 0 aromatic heterocycles. The molecule has 2 nitrogen and oxygen atoms in total. The van der Waals surface area contributed by atoms with Crippen molar-refractivity contribution in [3.8, 4) is 0 Å². The molecule has 1 unspecified atom stereocenters. The van der Waals surface area contributed by atoms with Gasteiger partial charge in [-0.15, -0.1) is 0 Å². The summed E-state index contributed by atoms with van der Waals surface area (Å²) in [5, 5.41) is 0. The second-order valence-electron chi connectivity index (χ2n) is 3.85. The first-order valence-corrected chi connectivity index (χ1v) is 5.10. The number of hydrogen-bond donors (Lipinski definition) is 0. The van der Waals surface area contributed by atoms with Crippen LogP contribution in [0.15, 0.2) is 16.3 Å². The molecular weight excluding hydrogens is 162 g/mol. The van der Waals surface area contributed by atoms with Gasteiger partial charge in [0, 0.05) is 29.8 Å². The Morgan fingerprint density at radius 1 is 1.54 bits per heavy atom. The summed E-state index contributed by atoms with van der Waals surface area (Å²) in [6, 6.07) is 0. The highest BCUT2D eigenvalue weighted by molar-refractivity contribution is 5.99. The summed E-state index contributed by atoms with van der Waals surface area (Å²) in [5.74, 6) is 0.718. The summed E-state index contributed by atoms with van der Waals surface area (Å²) in [6.07, 6.45) is 6.76. The van der Waals surface area contributed by atoms with E-state index in [1.165, 1.54) is 0 Å². The van der Waals surface area contributed by atoms with Gasteiger partial charge in [0.1, 0.15) is 0 Å². The molecule has 2 rings (SSSR count). The van der Waals surface area contributed by atoms with Crippen LogP contribution >= 0.6 is 0 Å². The largest absolute Gasteiger partial charge is 0.294 e. The highest BCUT2D eigenvalue weighted by Gasteiger charge is 2.24. The predicted octanol–water partition coefficient (Wildman–Crippen LogP) is 2.49. The molecule has 2 heteroatoms. The van der Waals surface area contributed by atoms with Crippen LogP contribution in [0.5, 0.6) is 0 Å². The van der Waals surface area contributed by atoms with Gasteiger partial charge in [-0.05, 0) is 25.7 Å². The van der Waals surface area contributed by atoms with E-state index in [0.29, 0.717) is 18.1 Å². The van der Waals surface area contributed by atoms with Crippen LogP contribution in [0.25, 0.3) is 0 Å². The number of aliphatic imine (C=N–C) groups is 1. The van der Waals surface area contributed by atoms with E-state index in [1.54, 1.807) is 0 Å². The lowest BCUT2D eigenvalue weighted by atomic mass is 9.97. The fourth-order valence-electron chi connectivity index (χ4n) is 2.03. The SMILES string of the molecule is CCC1C=NC2=C(CCC2)C(=O)C1. The number of allylic oxidation sites excluding steroid dienone is 2. The van der Waals surface area contributed by atoms with Gasteiger partial charge in [-0.1, -0.05) is 6.92 Å². The monoisotopic (exact) mass is 177 g/mol. The molecule has 1 aliphatic carbocycles. The molecule has 0 aromatic rings. The normalized spacial score (nSPS) is 27.8. The molecule has 70 valence electrons. The minimum absolute atomic E-state index is 0.344. The molecule has 0 spiro atoms. The second kappa shape index (κ2) is 3.44. The summed E-state index contributed by atoms with van der Waals surface area (Å²) >= 11 is 0. The van der Waals surface area contributed by atoms with E-state index in [-0.39, 0.29) is 0 Å². The van der Waals surface area contributed by atoms with Crippen molar-refractivity contribution in [3.63, 3.8) is 0 Å². The number of nitrogens with zero attached hydrogens (tertiary/aromatic N) is 1. The van der Waals surface area contributed by atoms with E-state index < -0.39 is 0 Å². The second-order valence-corrected chi connectivity index (χ2v) is 3.85. The van der Waals surface area contributed by atoms with Gasteiger partial charge in [0.2, 0.25) is 0 Å². The molecule has 0 N–H and O–H groups in total.